The number of benzene rings is 1. The van der Waals surface area contributed by atoms with Gasteiger partial charge in [-0.3, -0.25) is 4.79 Å². The quantitative estimate of drug-likeness (QED) is 0.707. The number of nitrogens with one attached hydrogen (secondary N) is 2. The molecule has 0 saturated carbocycles. The normalized spacial score (nSPS) is 9.71. The van der Waals surface area contributed by atoms with E-state index in [1.54, 1.807) is 6.08 Å². The van der Waals surface area contributed by atoms with Crippen LogP contribution >= 0.6 is 0 Å². The van der Waals surface area contributed by atoms with Crippen LogP contribution in [0.2, 0.25) is 0 Å². The molecule has 0 unspecified atom stereocenters. The van der Waals surface area contributed by atoms with E-state index in [4.69, 9.17) is 4.74 Å². The number of ether oxygens (including phenoxy) is 1. The zero-order valence-electron chi connectivity index (χ0n) is 10.0. The highest BCUT2D eigenvalue weighted by Crippen LogP contribution is 2.15. The number of anilines is 1. The number of hydrogen-bond donors (Lipinski definition) is 2. The minimum Gasteiger partial charge on any atom is -0.490 e. The molecule has 1 aromatic carbocycles. The Hall–Kier alpha value is -1.81. The summed E-state index contributed by atoms with van der Waals surface area (Å²) in [6, 6.07) is 7.24. The molecule has 0 saturated heterocycles. The van der Waals surface area contributed by atoms with Crippen LogP contribution in [0, 0.1) is 0 Å². The van der Waals surface area contributed by atoms with Crippen molar-refractivity contribution in [1.29, 1.82) is 0 Å². The van der Waals surface area contributed by atoms with Crippen molar-refractivity contribution >= 4 is 11.6 Å². The number of likely N-dealkylation sites (N-methyl/N-ethyl adjacent to an activating group) is 1. The van der Waals surface area contributed by atoms with E-state index in [1.807, 2.05) is 31.2 Å². The van der Waals surface area contributed by atoms with Crippen LogP contribution in [0.15, 0.2) is 36.9 Å². The molecule has 0 aliphatic rings. The fraction of sp³-hybridized carbons (Fsp3) is 0.308. The highest BCUT2D eigenvalue weighted by atomic mass is 16.5. The van der Waals surface area contributed by atoms with Crippen molar-refractivity contribution in [1.82, 2.24) is 5.32 Å². The zero-order valence-corrected chi connectivity index (χ0v) is 10.0. The maximum absolute atomic E-state index is 11.4. The summed E-state index contributed by atoms with van der Waals surface area (Å²) in [6.45, 7) is 7.11. The molecule has 0 fully saturated rings. The van der Waals surface area contributed by atoms with Gasteiger partial charge in [0.15, 0.2) is 0 Å². The molecule has 1 aromatic rings. The predicted molar refractivity (Wildman–Crippen MR) is 69.3 cm³/mol. The van der Waals surface area contributed by atoms with E-state index in [1.165, 1.54) is 0 Å². The molecule has 0 heterocycles. The van der Waals surface area contributed by atoms with E-state index in [-0.39, 0.29) is 5.91 Å². The van der Waals surface area contributed by atoms with Gasteiger partial charge in [0.2, 0.25) is 5.91 Å². The fourth-order valence-electron chi connectivity index (χ4n) is 1.23. The zero-order chi connectivity index (χ0) is 12.5. The maximum Gasteiger partial charge on any atom is 0.238 e. The molecule has 17 heavy (non-hydrogen) atoms. The summed E-state index contributed by atoms with van der Waals surface area (Å²) in [5.74, 6) is 0.709. The first-order valence-electron chi connectivity index (χ1n) is 5.60. The van der Waals surface area contributed by atoms with Crippen molar-refractivity contribution < 1.29 is 9.53 Å². The minimum atomic E-state index is -0.0494. The number of carbonyl (C=O) groups excluding carboxylic acids is 1. The van der Waals surface area contributed by atoms with E-state index in [0.717, 1.165) is 18.0 Å². The Kier molecular flexibility index (Phi) is 5.82. The summed E-state index contributed by atoms with van der Waals surface area (Å²) in [4.78, 5) is 11.4. The van der Waals surface area contributed by atoms with Crippen LogP contribution in [0.4, 0.5) is 5.69 Å². The van der Waals surface area contributed by atoms with Crippen molar-refractivity contribution in [2.75, 3.05) is 25.0 Å². The van der Waals surface area contributed by atoms with Crippen molar-refractivity contribution in [3.8, 4) is 5.75 Å². The number of amides is 1. The molecular formula is C13H18N2O2. The number of rotatable bonds is 7. The molecule has 0 aliphatic heterocycles. The standard InChI is InChI=1S/C13H18N2O2/c1-3-9-17-12-7-5-11(6-8-12)15-13(16)10-14-4-2/h3,5-8,14H,1,4,9-10H2,2H3,(H,15,16). The maximum atomic E-state index is 11.4. The van der Waals surface area contributed by atoms with E-state index in [2.05, 4.69) is 17.2 Å². The summed E-state index contributed by atoms with van der Waals surface area (Å²) < 4.78 is 5.34. The summed E-state index contributed by atoms with van der Waals surface area (Å²) in [5.41, 5.74) is 0.763. The van der Waals surface area contributed by atoms with Gasteiger partial charge in [0.25, 0.3) is 0 Å². The molecule has 4 nitrogen and oxygen atoms in total. The Labute approximate surface area is 102 Å². The van der Waals surface area contributed by atoms with Gasteiger partial charge >= 0.3 is 0 Å². The highest BCUT2D eigenvalue weighted by Gasteiger charge is 2.01. The van der Waals surface area contributed by atoms with Crippen LogP contribution < -0.4 is 15.4 Å². The lowest BCUT2D eigenvalue weighted by atomic mass is 10.3. The first kappa shape index (κ1) is 13.3. The minimum absolute atomic E-state index is 0.0494. The third-order valence-corrected chi connectivity index (χ3v) is 2.04. The van der Waals surface area contributed by atoms with Crippen LogP contribution in [-0.2, 0) is 4.79 Å². The Morgan fingerprint density at radius 1 is 1.41 bits per heavy atom. The molecule has 0 aromatic heterocycles. The topological polar surface area (TPSA) is 50.4 Å². The van der Waals surface area contributed by atoms with Crippen LogP contribution in [-0.4, -0.2) is 25.6 Å². The van der Waals surface area contributed by atoms with E-state index < -0.39 is 0 Å². The van der Waals surface area contributed by atoms with Crippen LogP contribution in [0.3, 0.4) is 0 Å². The lowest BCUT2D eigenvalue weighted by molar-refractivity contribution is -0.115. The van der Waals surface area contributed by atoms with Gasteiger partial charge in [0, 0.05) is 5.69 Å². The Morgan fingerprint density at radius 3 is 2.71 bits per heavy atom. The molecule has 0 spiro atoms. The third-order valence-electron chi connectivity index (χ3n) is 2.04. The van der Waals surface area contributed by atoms with Gasteiger partial charge in [0.05, 0.1) is 6.54 Å². The first-order chi connectivity index (χ1) is 8.26. The van der Waals surface area contributed by atoms with Crippen molar-refractivity contribution in [3.05, 3.63) is 36.9 Å². The largest absolute Gasteiger partial charge is 0.490 e. The van der Waals surface area contributed by atoms with E-state index in [9.17, 15) is 4.79 Å². The Morgan fingerprint density at radius 2 is 2.12 bits per heavy atom. The molecular weight excluding hydrogens is 216 g/mol. The molecule has 1 rings (SSSR count). The molecule has 92 valence electrons. The molecule has 1 amide bonds. The molecule has 0 bridgehead atoms. The van der Waals surface area contributed by atoms with Crippen molar-refractivity contribution in [2.45, 2.75) is 6.92 Å². The van der Waals surface area contributed by atoms with E-state index in [0.29, 0.717) is 13.2 Å². The Balaban J connectivity index is 2.44. The van der Waals surface area contributed by atoms with Gasteiger partial charge in [-0.15, -0.1) is 0 Å². The SMILES string of the molecule is C=CCOc1ccc(NC(=O)CNCC)cc1. The van der Waals surface area contributed by atoms with Gasteiger partial charge in [-0.2, -0.15) is 0 Å². The molecule has 0 aliphatic carbocycles. The lowest BCUT2D eigenvalue weighted by Crippen LogP contribution is -2.27. The van der Waals surface area contributed by atoms with Crippen molar-refractivity contribution in [2.24, 2.45) is 0 Å². The highest BCUT2D eigenvalue weighted by molar-refractivity contribution is 5.92. The van der Waals surface area contributed by atoms with Gasteiger partial charge in [-0.05, 0) is 30.8 Å². The Bertz CT molecular complexity index is 360. The molecule has 2 N–H and O–H groups in total. The summed E-state index contributed by atoms with van der Waals surface area (Å²) >= 11 is 0. The second-order valence-electron chi connectivity index (χ2n) is 3.45. The average Bonchev–Trinajstić information content (AvgIpc) is 2.35. The van der Waals surface area contributed by atoms with Gasteiger partial charge < -0.3 is 15.4 Å². The smallest absolute Gasteiger partial charge is 0.238 e. The van der Waals surface area contributed by atoms with Crippen LogP contribution in [0.1, 0.15) is 6.92 Å². The van der Waals surface area contributed by atoms with Gasteiger partial charge in [0.1, 0.15) is 12.4 Å². The number of hydrogen-bond acceptors (Lipinski definition) is 3. The summed E-state index contributed by atoms with van der Waals surface area (Å²) in [7, 11) is 0. The summed E-state index contributed by atoms with van der Waals surface area (Å²) in [5, 5.41) is 5.74. The fourth-order valence-corrected chi connectivity index (χ4v) is 1.23. The average molecular weight is 234 g/mol. The second-order valence-corrected chi connectivity index (χ2v) is 3.45. The molecule has 0 radical (unpaired) electrons. The van der Waals surface area contributed by atoms with Gasteiger partial charge in [-0.1, -0.05) is 19.6 Å². The monoisotopic (exact) mass is 234 g/mol. The molecule has 4 heteroatoms. The van der Waals surface area contributed by atoms with Gasteiger partial charge in [-0.25, -0.2) is 0 Å². The predicted octanol–water partition coefficient (Wildman–Crippen LogP) is 1.80. The van der Waals surface area contributed by atoms with Crippen LogP contribution in [0.25, 0.3) is 0 Å². The van der Waals surface area contributed by atoms with E-state index >= 15 is 0 Å². The summed E-state index contributed by atoms with van der Waals surface area (Å²) in [6.07, 6.45) is 1.69. The second kappa shape index (κ2) is 7.46. The lowest BCUT2D eigenvalue weighted by Gasteiger charge is -2.07. The first-order valence-corrected chi connectivity index (χ1v) is 5.60. The van der Waals surface area contributed by atoms with Crippen LogP contribution in [0.5, 0.6) is 5.75 Å². The van der Waals surface area contributed by atoms with Crippen molar-refractivity contribution in [3.63, 3.8) is 0 Å². The third kappa shape index (κ3) is 5.17. The number of carbonyl (C=O) groups is 1. The molecule has 0 atom stereocenters.